The Morgan fingerprint density at radius 3 is 2.81 bits per heavy atom. The minimum atomic E-state index is -0.281. The number of halogens is 2. The van der Waals surface area contributed by atoms with Crippen molar-refractivity contribution in [3.05, 3.63) is 52.3 Å². The molecule has 0 aliphatic heterocycles. The summed E-state index contributed by atoms with van der Waals surface area (Å²) in [5.74, 6) is 1.19. The van der Waals surface area contributed by atoms with Gasteiger partial charge in [0.25, 0.3) is 0 Å². The van der Waals surface area contributed by atoms with Crippen LogP contribution in [0, 0.1) is 18.7 Å². The van der Waals surface area contributed by atoms with Gasteiger partial charge in [0, 0.05) is 23.3 Å². The molecular formula is C16H21ClFN3. The molecule has 2 rings (SSSR count). The van der Waals surface area contributed by atoms with Gasteiger partial charge in [-0.3, -0.25) is 0 Å². The van der Waals surface area contributed by atoms with Gasteiger partial charge in [-0.05, 0) is 31.5 Å². The summed E-state index contributed by atoms with van der Waals surface area (Å²) in [5, 5.41) is 3.80. The van der Waals surface area contributed by atoms with E-state index >= 15 is 0 Å². The van der Waals surface area contributed by atoms with Crippen LogP contribution in [0.5, 0.6) is 0 Å². The highest BCUT2D eigenvalue weighted by Gasteiger charge is 2.10. The molecule has 0 amide bonds. The summed E-state index contributed by atoms with van der Waals surface area (Å²) in [7, 11) is 0. The largest absolute Gasteiger partial charge is 0.326 e. The molecule has 3 nitrogen and oxygen atoms in total. The first-order chi connectivity index (χ1) is 9.97. The van der Waals surface area contributed by atoms with E-state index in [9.17, 15) is 4.39 Å². The molecule has 114 valence electrons. The molecule has 1 N–H and O–H groups in total. The Morgan fingerprint density at radius 1 is 1.38 bits per heavy atom. The van der Waals surface area contributed by atoms with Crippen LogP contribution < -0.4 is 5.32 Å². The average molecular weight is 310 g/mol. The Morgan fingerprint density at radius 2 is 2.14 bits per heavy atom. The van der Waals surface area contributed by atoms with E-state index < -0.39 is 0 Å². The molecule has 0 saturated carbocycles. The van der Waals surface area contributed by atoms with Gasteiger partial charge in [-0.2, -0.15) is 0 Å². The van der Waals surface area contributed by atoms with E-state index in [0.717, 1.165) is 24.6 Å². The molecule has 0 radical (unpaired) electrons. The SMILES string of the molecule is Cc1ncc(CNCC(C)C)n1Cc1ccc(Cl)cc1F. The number of nitrogens with zero attached hydrogens (tertiary/aromatic N) is 2. The lowest BCUT2D eigenvalue weighted by Gasteiger charge is -2.13. The van der Waals surface area contributed by atoms with E-state index in [1.807, 2.05) is 17.7 Å². The number of imidazole rings is 1. The van der Waals surface area contributed by atoms with Crippen LogP contribution in [0.15, 0.2) is 24.4 Å². The smallest absolute Gasteiger partial charge is 0.129 e. The molecule has 0 aliphatic carbocycles. The van der Waals surface area contributed by atoms with Gasteiger partial charge in [-0.1, -0.05) is 31.5 Å². The van der Waals surface area contributed by atoms with Gasteiger partial charge in [0.2, 0.25) is 0 Å². The van der Waals surface area contributed by atoms with Crippen LogP contribution in [0.25, 0.3) is 0 Å². The molecule has 1 heterocycles. The van der Waals surface area contributed by atoms with Crippen molar-refractivity contribution in [3.63, 3.8) is 0 Å². The first-order valence-electron chi connectivity index (χ1n) is 7.13. The second-order valence-electron chi connectivity index (χ2n) is 5.64. The molecule has 0 fully saturated rings. The van der Waals surface area contributed by atoms with Gasteiger partial charge in [0.15, 0.2) is 0 Å². The fourth-order valence-corrected chi connectivity index (χ4v) is 2.34. The van der Waals surface area contributed by atoms with Gasteiger partial charge in [-0.25, -0.2) is 9.37 Å². The highest BCUT2D eigenvalue weighted by Crippen LogP contribution is 2.17. The molecule has 1 aromatic heterocycles. The lowest BCUT2D eigenvalue weighted by Crippen LogP contribution is -2.21. The van der Waals surface area contributed by atoms with Crippen molar-refractivity contribution in [2.24, 2.45) is 5.92 Å². The highest BCUT2D eigenvalue weighted by molar-refractivity contribution is 6.30. The van der Waals surface area contributed by atoms with Gasteiger partial charge >= 0.3 is 0 Å². The maximum atomic E-state index is 13.9. The van der Waals surface area contributed by atoms with Crippen molar-refractivity contribution >= 4 is 11.6 Å². The summed E-state index contributed by atoms with van der Waals surface area (Å²) < 4.78 is 16.0. The predicted octanol–water partition coefficient (Wildman–Crippen LogP) is 3.78. The predicted molar refractivity (Wildman–Crippen MR) is 84.0 cm³/mol. The van der Waals surface area contributed by atoms with Gasteiger partial charge in [0.05, 0.1) is 12.2 Å². The molecule has 5 heteroatoms. The van der Waals surface area contributed by atoms with Crippen LogP contribution >= 0.6 is 11.6 Å². The maximum absolute atomic E-state index is 13.9. The molecule has 0 atom stereocenters. The van der Waals surface area contributed by atoms with Crippen molar-refractivity contribution in [2.45, 2.75) is 33.9 Å². The summed E-state index contributed by atoms with van der Waals surface area (Å²) >= 11 is 5.79. The first-order valence-corrected chi connectivity index (χ1v) is 7.51. The minimum Gasteiger partial charge on any atom is -0.326 e. The summed E-state index contributed by atoms with van der Waals surface area (Å²) in [6.45, 7) is 8.40. The van der Waals surface area contributed by atoms with Crippen LogP contribution in [0.3, 0.4) is 0 Å². The van der Waals surface area contributed by atoms with Gasteiger partial charge in [0.1, 0.15) is 11.6 Å². The Bertz CT molecular complexity index is 608. The molecule has 0 spiro atoms. The van der Waals surface area contributed by atoms with Crippen LogP contribution in [0.2, 0.25) is 5.02 Å². The summed E-state index contributed by atoms with van der Waals surface area (Å²) in [6.07, 6.45) is 1.84. The molecular weight excluding hydrogens is 289 g/mol. The maximum Gasteiger partial charge on any atom is 0.129 e. The highest BCUT2D eigenvalue weighted by atomic mass is 35.5. The van der Waals surface area contributed by atoms with Crippen molar-refractivity contribution < 1.29 is 4.39 Å². The standard InChI is InChI=1S/C16H21ClFN3/c1-11(2)7-19-8-15-9-20-12(3)21(15)10-13-4-5-14(17)6-16(13)18/h4-6,9,11,19H,7-8,10H2,1-3H3. The number of benzene rings is 1. The number of hydrogen-bond donors (Lipinski definition) is 1. The van der Waals surface area contributed by atoms with Crippen molar-refractivity contribution in [3.8, 4) is 0 Å². The molecule has 21 heavy (non-hydrogen) atoms. The van der Waals surface area contributed by atoms with Crippen LogP contribution in [0.4, 0.5) is 4.39 Å². The van der Waals surface area contributed by atoms with Crippen LogP contribution in [0.1, 0.15) is 30.9 Å². The van der Waals surface area contributed by atoms with E-state index in [4.69, 9.17) is 11.6 Å². The van der Waals surface area contributed by atoms with E-state index in [0.29, 0.717) is 23.0 Å². The Labute approximate surface area is 130 Å². The first kappa shape index (κ1) is 16.0. The summed E-state index contributed by atoms with van der Waals surface area (Å²) in [6, 6.07) is 4.78. The molecule has 0 unspecified atom stereocenters. The van der Waals surface area contributed by atoms with Crippen LogP contribution in [-0.4, -0.2) is 16.1 Å². The Balaban J connectivity index is 2.13. The monoisotopic (exact) mass is 309 g/mol. The third-order valence-corrected chi connectivity index (χ3v) is 3.58. The average Bonchev–Trinajstić information content (AvgIpc) is 2.74. The second kappa shape index (κ2) is 7.05. The zero-order valence-electron chi connectivity index (χ0n) is 12.7. The summed E-state index contributed by atoms with van der Waals surface area (Å²) in [5.41, 5.74) is 1.67. The van der Waals surface area contributed by atoms with E-state index in [1.54, 1.807) is 12.1 Å². The Hall–Kier alpha value is -1.39. The fraction of sp³-hybridized carbons (Fsp3) is 0.438. The lowest BCUT2D eigenvalue weighted by molar-refractivity contribution is 0.534. The number of rotatable bonds is 6. The number of nitrogens with one attached hydrogen (secondary N) is 1. The molecule has 0 bridgehead atoms. The number of aryl methyl sites for hydroxylation is 1. The fourth-order valence-electron chi connectivity index (χ4n) is 2.18. The molecule has 0 aliphatic rings. The normalized spacial score (nSPS) is 11.3. The van der Waals surface area contributed by atoms with Crippen molar-refractivity contribution in [1.82, 2.24) is 14.9 Å². The van der Waals surface area contributed by atoms with Crippen molar-refractivity contribution in [2.75, 3.05) is 6.54 Å². The number of hydrogen-bond acceptors (Lipinski definition) is 2. The third kappa shape index (κ3) is 4.29. The summed E-state index contributed by atoms with van der Waals surface area (Å²) in [4.78, 5) is 4.33. The number of aromatic nitrogens is 2. The third-order valence-electron chi connectivity index (χ3n) is 3.34. The second-order valence-corrected chi connectivity index (χ2v) is 6.08. The molecule has 0 saturated heterocycles. The Kier molecular flexibility index (Phi) is 5.37. The lowest BCUT2D eigenvalue weighted by atomic mass is 10.2. The van der Waals surface area contributed by atoms with Gasteiger partial charge in [-0.15, -0.1) is 0 Å². The quantitative estimate of drug-likeness (QED) is 0.880. The van der Waals surface area contributed by atoms with E-state index in [2.05, 4.69) is 24.1 Å². The van der Waals surface area contributed by atoms with E-state index in [1.165, 1.54) is 6.07 Å². The zero-order chi connectivity index (χ0) is 15.4. The topological polar surface area (TPSA) is 29.9 Å². The van der Waals surface area contributed by atoms with Crippen molar-refractivity contribution in [1.29, 1.82) is 0 Å². The van der Waals surface area contributed by atoms with Gasteiger partial charge < -0.3 is 9.88 Å². The zero-order valence-corrected chi connectivity index (χ0v) is 13.4. The minimum absolute atomic E-state index is 0.281. The van der Waals surface area contributed by atoms with E-state index in [-0.39, 0.29) is 5.82 Å². The molecule has 1 aromatic carbocycles. The van der Waals surface area contributed by atoms with Crippen LogP contribution in [-0.2, 0) is 13.1 Å². The molecule has 2 aromatic rings.